The number of aliphatic hydroxyl groups excluding tert-OH is 1. The topological polar surface area (TPSA) is 196 Å². The second-order valence-corrected chi connectivity index (χ2v) is 3.01. The van der Waals surface area contributed by atoms with E-state index in [9.17, 15) is 40.5 Å². The van der Waals surface area contributed by atoms with Crippen LogP contribution in [-0.4, -0.2) is 48.5 Å². The second-order valence-electron chi connectivity index (χ2n) is 3.01. The Bertz CT molecular complexity index is 356. The maximum Gasteiger partial charge on any atom is 0.723 e. The molecule has 0 aromatic rings. The number of hydrogen-bond acceptors (Lipinski definition) is 9. The Hall–Kier alpha value is -2.64. The summed E-state index contributed by atoms with van der Waals surface area (Å²) in [5.74, 6) is -4.02. The van der Waals surface area contributed by atoms with Crippen LogP contribution in [0.15, 0.2) is 0 Å². The Labute approximate surface area is 97.0 Å². The van der Waals surface area contributed by atoms with Crippen molar-refractivity contribution in [2.75, 3.05) is 6.54 Å². The van der Waals surface area contributed by atoms with Gasteiger partial charge in [-0.25, -0.2) is 10.1 Å². The summed E-state index contributed by atoms with van der Waals surface area (Å²) in [5, 5.41) is 48.9. The lowest BCUT2D eigenvalue weighted by Gasteiger charge is -2.17. The van der Waals surface area contributed by atoms with E-state index in [1.54, 1.807) is 0 Å². The summed E-state index contributed by atoms with van der Waals surface area (Å²) in [6, 6.07) is 0. The third kappa shape index (κ3) is 2.54. The van der Waals surface area contributed by atoms with Gasteiger partial charge >= 0.3 is 12.3 Å². The van der Waals surface area contributed by atoms with Crippen LogP contribution in [0.2, 0.25) is 0 Å². The smallest absolute Gasteiger partial charge is 0.369 e. The van der Waals surface area contributed by atoms with Gasteiger partial charge in [-0.05, 0) is 6.92 Å². The van der Waals surface area contributed by atoms with Crippen LogP contribution in [0.1, 0.15) is 6.92 Å². The first-order chi connectivity index (χ1) is 8.07. The van der Waals surface area contributed by atoms with Crippen molar-refractivity contribution in [2.45, 2.75) is 18.9 Å². The number of rotatable bonds is 7. The van der Waals surface area contributed by atoms with Gasteiger partial charge in [0.15, 0.2) is 26.0 Å². The van der Waals surface area contributed by atoms with E-state index in [-0.39, 0.29) is 5.01 Å². The maximum atomic E-state index is 10.5. The lowest BCUT2D eigenvalue weighted by molar-refractivity contribution is -0.974. The minimum Gasteiger partial charge on any atom is -0.369 e. The number of hydrazine groups is 1. The number of aliphatic hydroxyl groups is 1. The molecule has 0 aliphatic rings. The molecule has 0 fully saturated rings. The molecule has 0 aromatic carbocycles. The van der Waals surface area contributed by atoms with E-state index in [0.29, 0.717) is 0 Å². The lowest BCUT2D eigenvalue weighted by Crippen LogP contribution is -2.62. The molecule has 1 N–H and O–H groups in total. The zero-order valence-corrected chi connectivity index (χ0v) is 8.73. The van der Waals surface area contributed by atoms with Crippen LogP contribution in [0.3, 0.4) is 0 Å². The van der Waals surface area contributed by atoms with E-state index in [1.807, 2.05) is 0 Å². The van der Waals surface area contributed by atoms with Gasteiger partial charge in [-0.15, -0.1) is 0 Å². The van der Waals surface area contributed by atoms with Gasteiger partial charge in [-0.2, -0.15) is 0 Å². The van der Waals surface area contributed by atoms with Crippen molar-refractivity contribution in [3.63, 3.8) is 0 Å². The van der Waals surface area contributed by atoms with E-state index < -0.39 is 38.4 Å². The molecular formula is C4H7N5O9. The SMILES string of the molecule is CC(O)N(CC([N+](=O)[O-])([N+](=O)[O-])[N+](=O)[O-])[N+](=O)[O-]. The molecule has 0 spiro atoms. The lowest BCUT2D eigenvalue weighted by atomic mass is 10.3. The van der Waals surface area contributed by atoms with Gasteiger partial charge in [-0.1, -0.05) is 5.01 Å². The van der Waals surface area contributed by atoms with Gasteiger partial charge in [-0.3, -0.25) is 30.3 Å². The number of hydrogen-bond donors (Lipinski definition) is 1. The van der Waals surface area contributed by atoms with Gasteiger partial charge < -0.3 is 5.11 Å². The van der Waals surface area contributed by atoms with E-state index in [2.05, 4.69) is 0 Å². The predicted octanol–water partition coefficient (Wildman–Crippen LogP) is -1.70. The summed E-state index contributed by atoms with van der Waals surface area (Å²) in [7, 11) is 0. The van der Waals surface area contributed by atoms with E-state index in [0.717, 1.165) is 6.92 Å². The molecular weight excluding hydrogens is 262 g/mol. The Morgan fingerprint density at radius 3 is 1.56 bits per heavy atom. The number of nitro groups is 4. The highest BCUT2D eigenvalue weighted by molar-refractivity contribution is 4.58. The summed E-state index contributed by atoms with van der Waals surface area (Å²) in [6.07, 6.45) is -1.99. The van der Waals surface area contributed by atoms with Crippen molar-refractivity contribution in [1.29, 1.82) is 0 Å². The summed E-state index contributed by atoms with van der Waals surface area (Å²) < 4.78 is 0. The summed E-state index contributed by atoms with van der Waals surface area (Å²) in [4.78, 5) is 36.2. The Kier molecular flexibility index (Phi) is 4.37. The molecule has 14 nitrogen and oxygen atoms in total. The Morgan fingerprint density at radius 2 is 1.39 bits per heavy atom. The van der Waals surface area contributed by atoms with Crippen molar-refractivity contribution in [1.82, 2.24) is 5.01 Å². The first-order valence-corrected chi connectivity index (χ1v) is 4.09. The molecule has 1 unspecified atom stereocenters. The summed E-state index contributed by atoms with van der Waals surface area (Å²) in [6.45, 7) is -1.06. The average molecular weight is 269 g/mol. The highest BCUT2D eigenvalue weighted by Crippen LogP contribution is 2.15. The van der Waals surface area contributed by atoms with Gasteiger partial charge in [0.25, 0.3) is 0 Å². The zero-order chi connectivity index (χ0) is 14.7. The highest BCUT2D eigenvalue weighted by Gasteiger charge is 2.73. The summed E-state index contributed by atoms with van der Waals surface area (Å²) >= 11 is 0. The fraction of sp³-hybridized carbons (Fsp3) is 1.00. The first kappa shape index (κ1) is 15.4. The molecule has 14 heteroatoms. The molecule has 102 valence electrons. The predicted molar refractivity (Wildman–Crippen MR) is 49.1 cm³/mol. The monoisotopic (exact) mass is 269 g/mol. The van der Waals surface area contributed by atoms with Crippen molar-refractivity contribution in [2.24, 2.45) is 0 Å². The minimum absolute atomic E-state index is 0.381. The standard InChI is InChI=1S/C4H7N5O9/c1-3(10)5(9(17)18)2-4(6(11)12,7(13)14)8(15)16/h3,10H,2H2,1H3. The molecule has 0 bridgehead atoms. The quantitative estimate of drug-likeness (QED) is 0.315. The van der Waals surface area contributed by atoms with E-state index in [4.69, 9.17) is 5.11 Å². The van der Waals surface area contributed by atoms with Gasteiger partial charge in [0.1, 0.15) is 0 Å². The Morgan fingerprint density at radius 1 is 1.06 bits per heavy atom. The van der Waals surface area contributed by atoms with E-state index >= 15 is 0 Å². The molecule has 0 aliphatic carbocycles. The molecule has 18 heavy (non-hydrogen) atoms. The molecule has 0 saturated heterocycles. The zero-order valence-electron chi connectivity index (χ0n) is 8.73. The molecule has 0 aliphatic heterocycles. The van der Waals surface area contributed by atoms with Gasteiger partial charge in [0.2, 0.25) is 0 Å². The number of nitrogens with zero attached hydrogens (tertiary/aromatic N) is 5. The van der Waals surface area contributed by atoms with Crippen molar-refractivity contribution in [3.05, 3.63) is 40.5 Å². The molecule has 0 rings (SSSR count). The average Bonchev–Trinajstić information content (AvgIpc) is 2.15. The van der Waals surface area contributed by atoms with Crippen LogP contribution in [-0.2, 0) is 0 Å². The van der Waals surface area contributed by atoms with Crippen LogP contribution in [0.4, 0.5) is 0 Å². The van der Waals surface area contributed by atoms with Crippen LogP contribution in [0, 0.1) is 40.5 Å². The fourth-order valence-corrected chi connectivity index (χ4v) is 0.917. The van der Waals surface area contributed by atoms with Crippen LogP contribution in [0.25, 0.3) is 0 Å². The van der Waals surface area contributed by atoms with E-state index in [1.165, 1.54) is 0 Å². The first-order valence-electron chi connectivity index (χ1n) is 4.09. The Balaban J connectivity index is 5.62. The molecule has 0 heterocycles. The highest BCUT2D eigenvalue weighted by atomic mass is 16.7. The summed E-state index contributed by atoms with van der Waals surface area (Å²) in [5.41, 5.74) is 0. The molecule has 0 radical (unpaired) electrons. The van der Waals surface area contributed by atoms with Gasteiger partial charge in [0.05, 0.1) is 0 Å². The maximum absolute atomic E-state index is 10.5. The molecule has 0 aromatic heterocycles. The molecule has 1 atom stereocenters. The van der Waals surface area contributed by atoms with Crippen LogP contribution >= 0.6 is 0 Å². The van der Waals surface area contributed by atoms with Crippen molar-refractivity contribution >= 4 is 0 Å². The minimum atomic E-state index is -4.02. The van der Waals surface area contributed by atoms with Crippen molar-refractivity contribution < 1.29 is 24.9 Å². The normalized spacial score (nSPS) is 12.6. The van der Waals surface area contributed by atoms with Crippen molar-refractivity contribution in [3.8, 4) is 0 Å². The third-order valence-corrected chi connectivity index (χ3v) is 1.89. The van der Waals surface area contributed by atoms with Gasteiger partial charge in [0, 0.05) is 0 Å². The van der Waals surface area contributed by atoms with Crippen LogP contribution < -0.4 is 0 Å². The van der Waals surface area contributed by atoms with Crippen LogP contribution in [0.5, 0.6) is 0 Å². The molecule has 0 saturated carbocycles. The third-order valence-electron chi connectivity index (χ3n) is 1.89. The fourth-order valence-electron chi connectivity index (χ4n) is 0.917. The molecule has 0 amide bonds. The second kappa shape index (κ2) is 5.13. The largest absolute Gasteiger partial charge is 0.723 e.